The van der Waals surface area contributed by atoms with Gasteiger partial charge in [-0.2, -0.15) is 4.98 Å². The monoisotopic (exact) mass is 280 g/mol. The number of nitrogens with one attached hydrogen (secondary N) is 1. The van der Waals surface area contributed by atoms with Crippen LogP contribution in [0.25, 0.3) is 11.1 Å². The number of benzene rings is 1. The van der Waals surface area contributed by atoms with Gasteiger partial charge >= 0.3 is 5.97 Å². The van der Waals surface area contributed by atoms with Gasteiger partial charge in [-0.1, -0.05) is 0 Å². The molecule has 1 N–H and O–H groups in total. The highest BCUT2D eigenvalue weighted by Gasteiger charge is 2.07. The lowest BCUT2D eigenvalue weighted by Gasteiger charge is -2.07. The molecule has 0 aliphatic heterocycles. The Hall–Kier alpha value is -2.11. The van der Waals surface area contributed by atoms with Crippen molar-refractivity contribution in [3.63, 3.8) is 0 Å². The molecular formula is C14H17FN2O3. The van der Waals surface area contributed by atoms with E-state index in [1.54, 1.807) is 0 Å². The molecule has 5 nitrogen and oxygen atoms in total. The van der Waals surface area contributed by atoms with Crippen LogP contribution in [0.2, 0.25) is 0 Å². The number of nitrogens with zero attached hydrogens (tertiary/aromatic N) is 1. The van der Waals surface area contributed by atoms with Crippen molar-refractivity contribution >= 4 is 23.1 Å². The third kappa shape index (κ3) is 3.94. The maximum atomic E-state index is 13.0. The summed E-state index contributed by atoms with van der Waals surface area (Å²) in [7, 11) is 0. The van der Waals surface area contributed by atoms with Gasteiger partial charge < -0.3 is 14.5 Å². The molecule has 0 saturated carbocycles. The average molecular weight is 280 g/mol. The predicted octanol–water partition coefficient (Wildman–Crippen LogP) is 3.11. The van der Waals surface area contributed by atoms with Crippen molar-refractivity contribution in [1.82, 2.24) is 4.98 Å². The number of carbonyl (C=O) groups excluding carboxylic acids is 1. The highest BCUT2D eigenvalue weighted by atomic mass is 19.1. The lowest BCUT2D eigenvalue weighted by Crippen LogP contribution is -2.12. The third-order valence-corrected chi connectivity index (χ3v) is 2.55. The van der Waals surface area contributed by atoms with Gasteiger partial charge in [-0.05, 0) is 32.4 Å². The summed E-state index contributed by atoms with van der Waals surface area (Å²) >= 11 is 0. The van der Waals surface area contributed by atoms with Crippen LogP contribution in [0.4, 0.5) is 10.4 Å². The van der Waals surface area contributed by atoms with E-state index in [4.69, 9.17) is 9.15 Å². The summed E-state index contributed by atoms with van der Waals surface area (Å²) in [6.45, 7) is 4.16. The second kappa shape index (κ2) is 6.36. The molecule has 0 saturated heterocycles. The van der Waals surface area contributed by atoms with Crippen LogP contribution in [0.5, 0.6) is 0 Å². The minimum atomic E-state index is -0.353. The number of oxazole rings is 1. The Kier molecular flexibility index (Phi) is 4.55. The van der Waals surface area contributed by atoms with Crippen molar-refractivity contribution in [2.45, 2.75) is 32.8 Å². The fourth-order valence-electron chi connectivity index (χ4n) is 1.73. The molecule has 2 rings (SSSR count). The smallest absolute Gasteiger partial charge is 0.306 e. The van der Waals surface area contributed by atoms with E-state index in [9.17, 15) is 9.18 Å². The number of hydrogen-bond acceptors (Lipinski definition) is 5. The lowest BCUT2D eigenvalue weighted by atomic mass is 10.3. The molecule has 0 unspecified atom stereocenters. The summed E-state index contributed by atoms with van der Waals surface area (Å²) in [6, 6.07) is 4.48. The zero-order chi connectivity index (χ0) is 14.5. The fourth-order valence-corrected chi connectivity index (χ4v) is 1.73. The SMILES string of the molecule is CC(C)OC(=O)CCCNc1nc2cc(F)ccc2o1. The quantitative estimate of drug-likeness (QED) is 0.650. The summed E-state index contributed by atoms with van der Waals surface area (Å²) in [6.07, 6.45) is 0.848. The third-order valence-electron chi connectivity index (χ3n) is 2.55. The molecule has 2 aromatic rings. The van der Waals surface area contributed by atoms with Crippen molar-refractivity contribution in [3.8, 4) is 0 Å². The molecule has 1 aromatic carbocycles. The van der Waals surface area contributed by atoms with Crippen LogP contribution < -0.4 is 5.32 Å². The van der Waals surface area contributed by atoms with E-state index < -0.39 is 0 Å². The molecule has 108 valence electrons. The van der Waals surface area contributed by atoms with Crippen molar-refractivity contribution < 1.29 is 18.3 Å². The minimum Gasteiger partial charge on any atom is -0.463 e. The predicted molar refractivity (Wildman–Crippen MR) is 72.9 cm³/mol. The van der Waals surface area contributed by atoms with Gasteiger partial charge in [0.25, 0.3) is 6.01 Å². The Labute approximate surface area is 116 Å². The molecule has 0 bridgehead atoms. The standard InChI is InChI=1S/C14H17FN2O3/c1-9(2)19-13(18)4-3-7-16-14-17-11-8-10(15)5-6-12(11)20-14/h5-6,8-9H,3-4,7H2,1-2H3,(H,16,17). The summed E-state index contributed by atoms with van der Waals surface area (Å²) in [5, 5.41) is 2.95. The molecule has 0 aliphatic rings. The van der Waals surface area contributed by atoms with E-state index in [0.29, 0.717) is 36.5 Å². The van der Waals surface area contributed by atoms with E-state index >= 15 is 0 Å². The second-order valence-electron chi connectivity index (χ2n) is 4.70. The largest absolute Gasteiger partial charge is 0.463 e. The van der Waals surface area contributed by atoms with Crippen LogP contribution in [0.15, 0.2) is 22.6 Å². The highest BCUT2D eigenvalue weighted by Crippen LogP contribution is 2.19. The van der Waals surface area contributed by atoms with Crippen LogP contribution in [0, 0.1) is 5.82 Å². The first kappa shape index (κ1) is 14.3. The Balaban J connectivity index is 1.80. The van der Waals surface area contributed by atoms with Gasteiger partial charge in [0, 0.05) is 19.0 Å². The van der Waals surface area contributed by atoms with Crippen LogP contribution >= 0.6 is 0 Å². The molecule has 0 aliphatic carbocycles. The number of ether oxygens (including phenoxy) is 1. The molecule has 6 heteroatoms. The zero-order valence-electron chi connectivity index (χ0n) is 11.5. The summed E-state index contributed by atoms with van der Waals surface area (Å²) in [5.41, 5.74) is 0.986. The average Bonchev–Trinajstić information content (AvgIpc) is 2.75. The lowest BCUT2D eigenvalue weighted by molar-refractivity contribution is -0.147. The van der Waals surface area contributed by atoms with E-state index in [2.05, 4.69) is 10.3 Å². The number of aromatic nitrogens is 1. The molecule has 0 atom stereocenters. The molecule has 0 radical (unpaired) electrons. The van der Waals surface area contributed by atoms with Crippen LogP contribution in [-0.2, 0) is 9.53 Å². The van der Waals surface area contributed by atoms with Crippen molar-refractivity contribution in [2.24, 2.45) is 0 Å². The van der Waals surface area contributed by atoms with Crippen LogP contribution in [-0.4, -0.2) is 23.6 Å². The van der Waals surface area contributed by atoms with Gasteiger partial charge in [0.05, 0.1) is 6.10 Å². The van der Waals surface area contributed by atoms with E-state index in [1.807, 2.05) is 13.8 Å². The summed E-state index contributed by atoms with van der Waals surface area (Å²) in [5.74, 6) is -0.574. The molecule has 1 aromatic heterocycles. The minimum absolute atomic E-state index is 0.0950. The Morgan fingerprint density at radius 3 is 3.05 bits per heavy atom. The Bertz CT molecular complexity index is 595. The number of anilines is 1. The van der Waals surface area contributed by atoms with Crippen molar-refractivity contribution in [1.29, 1.82) is 0 Å². The molecular weight excluding hydrogens is 263 g/mol. The second-order valence-corrected chi connectivity index (χ2v) is 4.70. The first-order chi connectivity index (χ1) is 9.54. The van der Waals surface area contributed by atoms with Gasteiger partial charge in [-0.15, -0.1) is 0 Å². The topological polar surface area (TPSA) is 64.4 Å². The first-order valence-corrected chi connectivity index (χ1v) is 6.54. The number of rotatable bonds is 6. The van der Waals surface area contributed by atoms with Gasteiger partial charge in [-0.3, -0.25) is 4.79 Å². The zero-order valence-corrected chi connectivity index (χ0v) is 11.5. The molecule has 20 heavy (non-hydrogen) atoms. The van der Waals surface area contributed by atoms with Gasteiger partial charge in [0.15, 0.2) is 5.58 Å². The Morgan fingerprint density at radius 2 is 2.30 bits per heavy atom. The Morgan fingerprint density at radius 1 is 1.50 bits per heavy atom. The number of esters is 1. The van der Waals surface area contributed by atoms with E-state index in [-0.39, 0.29) is 17.9 Å². The maximum Gasteiger partial charge on any atom is 0.306 e. The molecule has 0 spiro atoms. The maximum absolute atomic E-state index is 13.0. The van der Waals surface area contributed by atoms with E-state index in [0.717, 1.165) is 0 Å². The summed E-state index contributed by atoms with van der Waals surface area (Å²) in [4.78, 5) is 15.4. The van der Waals surface area contributed by atoms with E-state index in [1.165, 1.54) is 18.2 Å². The fraction of sp³-hybridized carbons (Fsp3) is 0.429. The summed E-state index contributed by atoms with van der Waals surface area (Å²) < 4.78 is 23.4. The normalized spacial score (nSPS) is 11.0. The number of carbonyl (C=O) groups is 1. The van der Waals surface area contributed by atoms with Crippen LogP contribution in [0.3, 0.4) is 0 Å². The number of halogens is 1. The van der Waals surface area contributed by atoms with Gasteiger partial charge in [-0.25, -0.2) is 4.39 Å². The van der Waals surface area contributed by atoms with Crippen molar-refractivity contribution in [3.05, 3.63) is 24.0 Å². The first-order valence-electron chi connectivity index (χ1n) is 6.54. The van der Waals surface area contributed by atoms with Crippen LogP contribution in [0.1, 0.15) is 26.7 Å². The highest BCUT2D eigenvalue weighted by molar-refractivity contribution is 5.74. The number of fused-ring (bicyclic) bond motifs is 1. The molecule has 0 amide bonds. The van der Waals surface area contributed by atoms with Gasteiger partial charge in [0.2, 0.25) is 0 Å². The molecule has 1 heterocycles. The number of hydrogen-bond donors (Lipinski definition) is 1. The van der Waals surface area contributed by atoms with Gasteiger partial charge in [0.1, 0.15) is 11.3 Å². The molecule has 0 fully saturated rings. The van der Waals surface area contributed by atoms with Crippen molar-refractivity contribution in [2.75, 3.05) is 11.9 Å².